The van der Waals surface area contributed by atoms with Crippen molar-refractivity contribution < 1.29 is 47.8 Å². The summed E-state index contributed by atoms with van der Waals surface area (Å²) in [5.41, 5.74) is -0.259. The Morgan fingerprint density at radius 1 is 1.03 bits per heavy atom. The van der Waals surface area contributed by atoms with Crippen LogP contribution in [0.3, 0.4) is 0 Å². The van der Waals surface area contributed by atoms with E-state index >= 15 is 0 Å². The number of rotatable bonds is 8. The molecule has 13 heteroatoms. The summed E-state index contributed by atoms with van der Waals surface area (Å²) in [5, 5.41) is 13.6. The Morgan fingerprint density at radius 3 is 2.21 bits per heavy atom. The standard InChI is InChI=1S/C20H24N2O11/c1-10(23)21-17-19(31-13(4)26)18(30-12(3)25)16(9-29-11(2)24)33-20(17)32-15-7-5-6-14(8-15)22(27)28/h5-8,16-20H,9H2,1-4H3,(H,21,23)/t16-,17-,18+,19+,20+/m0/s1. The number of non-ortho nitro benzene ring substituents is 1. The van der Waals surface area contributed by atoms with Crippen LogP contribution in [0.25, 0.3) is 0 Å². The summed E-state index contributed by atoms with van der Waals surface area (Å²) < 4.78 is 27.2. The maximum absolute atomic E-state index is 11.9. The zero-order valence-corrected chi connectivity index (χ0v) is 18.3. The van der Waals surface area contributed by atoms with Crippen molar-refractivity contribution in [1.82, 2.24) is 5.32 Å². The highest BCUT2D eigenvalue weighted by Gasteiger charge is 2.52. The van der Waals surface area contributed by atoms with Crippen LogP contribution in [-0.2, 0) is 38.1 Å². The van der Waals surface area contributed by atoms with Gasteiger partial charge in [0, 0.05) is 33.8 Å². The van der Waals surface area contributed by atoms with Crippen LogP contribution in [0.2, 0.25) is 0 Å². The Labute approximate surface area is 188 Å². The number of nitro groups is 1. The lowest BCUT2D eigenvalue weighted by molar-refractivity contribution is -0.385. The highest BCUT2D eigenvalue weighted by atomic mass is 16.7. The monoisotopic (exact) mass is 468 g/mol. The van der Waals surface area contributed by atoms with E-state index in [1.165, 1.54) is 25.1 Å². The highest BCUT2D eigenvalue weighted by molar-refractivity contribution is 5.73. The van der Waals surface area contributed by atoms with E-state index in [1.807, 2.05) is 0 Å². The van der Waals surface area contributed by atoms with E-state index in [-0.39, 0.29) is 11.4 Å². The molecule has 1 aromatic carbocycles. The Bertz CT molecular complexity index is 919. The van der Waals surface area contributed by atoms with E-state index < -0.39 is 66.0 Å². The fraction of sp³-hybridized carbons (Fsp3) is 0.500. The summed E-state index contributed by atoms with van der Waals surface area (Å²) in [6.07, 6.45) is -5.09. The minimum absolute atomic E-state index is 0.0169. The van der Waals surface area contributed by atoms with Crippen LogP contribution >= 0.6 is 0 Å². The molecule has 1 amide bonds. The fourth-order valence-electron chi connectivity index (χ4n) is 3.20. The molecule has 180 valence electrons. The average molecular weight is 468 g/mol. The first-order valence-corrected chi connectivity index (χ1v) is 9.79. The first kappa shape index (κ1) is 25.5. The molecule has 1 fully saturated rings. The third-order valence-electron chi connectivity index (χ3n) is 4.35. The molecule has 0 radical (unpaired) electrons. The minimum atomic E-state index is -1.37. The smallest absolute Gasteiger partial charge is 0.303 e. The molecular formula is C20H24N2O11. The molecule has 1 N–H and O–H groups in total. The second kappa shape index (κ2) is 11.2. The van der Waals surface area contributed by atoms with Crippen molar-refractivity contribution in [2.75, 3.05) is 6.61 Å². The summed E-state index contributed by atoms with van der Waals surface area (Å²) in [7, 11) is 0. The van der Waals surface area contributed by atoms with E-state index in [0.29, 0.717) is 0 Å². The molecule has 0 saturated carbocycles. The predicted molar refractivity (Wildman–Crippen MR) is 108 cm³/mol. The Morgan fingerprint density at radius 2 is 1.67 bits per heavy atom. The number of ether oxygens (including phenoxy) is 5. The van der Waals surface area contributed by atoms with Gasteiger partial charge in [-0.3, -0.25) is 29.3 Å². The van der Waals surface area contributed by atoms with Crippen molar-refractivity contribution in [3.05, 3.63) is 34.4 Å². The molecule has 0 aliphatic carbocycles. The van der Waals surface area contributed by atoms with Crippen LogP contribution in [0.4, 0.5) is 5.69 Å². The van der Waals surface area contributed by atoms with Crippen LogP contribution in [0.15, 0.2) is 24.3 Å². The summed E-state index contributed by atoms with van der Waals surface area (Å²) in [6.45, 7) is 4.19. The van der Waals surface area contributed by atoms with Gasteiger partial charge in [-0.05, 0) is 6.07 Å². The largest absolute Gasteiger partial charge is 0.463 e. The van der Waals surface area contributed by atoms with Crippen molar-refractivity contribution in [3.63, 3.8) is 0 Å². The van der Waals surface area contributed by atoms with Gasteiger partial charge in [0.1, 0.15) is 24.5 Å². The van der Waals surface area contributed by atoms with Crippen molar-refractivity contribution in [2.24, 2.45) is 0 Å². The summed E-state index contributed by atoms with van der Waals surface area (Å²) in [4.78, 5) is 57.2. The van der Waals surface area contributed by atoms with Gasteiger partial charge in [-0.15, -0.1) is 0 Å². The van der Waals surface area contributed by atoms with Crippen LogP contribution in [0.5, 0.6) is 5.75 Å². The van der Waals surface area contributed by atoms with E-state index in [9.17, 15) is 29.3 Å². The molecule has 5 atom stereocenters. The topological polar surface area (TPSA) is 170 Å². The lowest BCUT2D eigenvalue weighted by atomic mass is 9.96. The SMILES string of the molecule is CC(=O)N[C@@H]1[C@H](Oc2cccc([N+](=O)[O-])c2)O[C@@H](COC(C)=O)[C@@H](OC(C)=O)[C@@H]1OC(C)=O. The fourth-order valence-corrected chi connectivity index (χ4v) is 3.20. The molecule has 1 aromatic rings. The van der Waals surface area contributed by atoms with E-state index in [2.05, 4.69) is 5.32 Å². The third-order valence-corrected chi connectivity index (χ3v) is 4.35. The maximum Gasteiger partial charge on any atom is 0.303 e. The molecule has 1 aliphatic rings. The molecule has 33 heavy (non-hydrogen) atoms. The summed E-state index contributed by atoms with van der Waals surface area (Å²) in [6, 6.07) is 3.99. The number of amides is 1. The molecule has 0 spiro atoms. The number of carbonyl (C=O) groups is 4. The van der Waals surface area contributed by atoms with Crippen molar-refractivity contribution in [1.29, 1.82) is 0 Å². The zero-order chi connectivity index (χ0) is 24.7. The molecule has 0 bridgehead atoms. The van der Waals surface area contributed by atoms with Crippen LogP contribution in [0.1, 0.15) is 27.7 Å². The van der Waals surface area contributed by atoms with Gasteiger partial charge in [0.2, 0.25) is 12.2 Å². The number of nitro benzene ring substituents is 1. The van der Waals surface area contributed by atoms with Crippen LogP contribution in [0, 0.1) is 10.1 Å². The number of carbonyl (C=O) groups excluding carboxylic acids is 4. The molecule has 0 aromatic heterocycles. The summed E-state index contributed by atoms with van der Waals surface area (Å²) in [5.74, 6) is -2.68. The number of esters is 3. The molecule has 1 aliphatic heterocycles. The van der Waals surface area contributed by atoms with E-state index in [0.717, 1.165) is 26.8 Å². The van der Waals surface area contributed by atoms with Gasteiger partial charge < -0.3 is 29.0 Å². The van der Waals surface area contributed by atoms with Crippen LogP contribution < -0.4 is 10.1 Å². The van der Waals surface area contributed by atoms with Crippen molar-refractivity contribution in [3.8, 4) is 5.75 Å². The third kappa shape index (κ3) is 7.42. The first-order valence-electron chi connectivity index (χ1n) is 9.79. The molecular weight excluding hydrogens is 444 g/mol. The average Bonchev–Trinajstić information content (AvgIpc) is 2.70. The zero-order valence-electron chi connectivity index (χ0n) is 18.3. The Hall–Kier alpha value is -3.74. The second-order valence-corrected chi connectivity index (χ2v) is 7.09. The Kier molecular flexibility index (Phi) is 8.68. The number of benzene rings is 1. The minimum Gasteiger partial charge on any atom is -0.463 e. The highest BCUT2D eigenvalue weighted by Crippen LogP contribution is 2.30. The van der Waals surface area contributed by atoms with Gasteiger partial charge in [-0.25, -0.2) is 0 Å². The predicted octanol–water partition coefficient (Wildman–Crippen LogP) is 0.630. The van der Waals surface area contributed by atoms with Gasteiger partial charge in [0.05, 0.1) is 11.0 Å². The number of hydrogen-bond acceptors (Lipinski definition) is 11. The molecule has 0 unspecified atom stereocenters. The van der Waals surface area contributed by atoms with Crippen LogP contribution in [-0.4, -0.2) is 66.0 Å². The van der Waals surface area contributed by atoms with E-state index in [4.69, 9.17) is 23.7 Å². The molecule has 13 nitrogen and oxygen atoms in total. The number of nitrogens with one attached hydrogen (secondary N) is 1. The van der Waals surface area contributed by atoms with E-state index in [1.54, 1.807) is 0 Å². The quantitative estimate of drug-likeness (QED) is 0.246. The van der Waals surface area contributed by atoms with Gasteiger partial charge in [0.15, 0.2) is 12.2 Å². The van der Waals surface area contributed by atoms with Gasteiger partial charge in [-0.2, -0.15) is 0 Å². The van der Waals surface area contributed by atoms with Crippen molar-refractivity contribution >= 4 is 29.5 Å². The molecule has 1 heterocycles. The molecule has 1 saturated heterocycles. The summed E-state index contributed by atoms with van der Waals surface area (Å²) >= 11 is 0. The van der Waals surface area contributed by atoms with Gasteiger partial charge in [0.25, 0.3) is 5.69 Å². The Balaban J connectivity index is 2.47. The maximum atomic E-state index is 11.9. The normalized spacial score (nSPS) is 24.2. The van der Waals surface area contributed by atoms with Gasteiger partial charge in [-0.1, -0.05) is 6.07 Å². The van der Waals surface area contributed by atoms with Crippen molar-refractivity contribution in [2.45, 2.75) is 58.3 Å². The lowest BCUT2D eigenvalue weighted by Gasteiger charge is -2.44. The molecule has 2 rings (SSSR count). The first-order chi connectivity index (χ1) is 15.5. The second-order valence-electron chi connectivity index (χ2n) is 7.09. The van der Waals surface area contributed by atoms with Gasteiger partial charge >= 0.3 is 17.9 Å². The number of nitrogens with zero attached hydrogens (tertiary/aromatic N) is 1. The lowest BCUT2D eigenvalue weighted by Crippen LogP contribution is -2.67. The number of hydrogen-bond donors (Lipinski definition) is 1.